The smallest absolute Gasteiger partial charge is 0.233 e. The molecular formula is C14H16N4O2S2. The maximum Gasteiger partial charge on any atom is 0.233 e. The van der Waals surface area contributed by atoms with Crippen LogP contribution in [0.5, 0.6) is 5.75 Å². The monoisotopic (exact) mass is 336 g/mol. The van der Waals surface area contributed by atoms with E-state index in [1.165, 1.54) is 23.1 Å². The summed E-state index contributed by atoms with van der Waals surface area (Å²) in [5, 5.41) is 8.05. The summed E-state index contributed by atoms with van der Waals surface area (Å²) < 4.78 is 6.61. The van der Waals surface area contributed by atoms with Crippen molar-refractivity contribution in [2.45, 2.75) is 16.9 Å². The number of carbonyl (C=O) groups excluding carboxylic acids is 1. The van der Waals surface area contributed by atoms with Crippen LogP contribution >= 0.6 is 23.1 Å². The normalized spacial score (nSPS) is 17.6. The van der Waals surface area contributed by atoms with E-state index in [0.29, 0.717) is 17.4 Å². The molecule has 22 heavy (non-hydrogen) atoms. The molecule has 0 aliphatic carbocycles. The molecule has 1 aromatic heterocycles. The molecule has 0 spiro atoms. The molecule has 2 N–H and O–H groups in total. The first-order chi connectivity index (χ1) is 10.7. The van der Waals surface area contributed by atoms with Crippen LogP contribution in [0.2, 0.25) is 0 Å². The largest absolute Gasteiger partial charge is 0.489 e. The molecule has 6 nitrogen and oxygen atoms in total. The average Bonchev–Trinajstić information content (AvgIpc) is 3.15. The van der Waals surface area contributed by atoms with Crippen LogP contribution in [-0.4, -0.2) is 46.0 Å². The zero-order chi connectivity index (χ0) is 15.4. The van der Waals surface area contributed by atoms with Gasteiger partial charge in [0, 0.05) is 13.0 Å². The molecule has 0 radical (unpaired) electrons. The van der Waals surface area contributed by atoms with Gasteiger partial charge in [-0.2, -0.15) is 0 Å². The predicted octanol–water partition coefficient (Wildman–Crippen LogP) is 1.89. The Morgan fingerprint density at radius 1 is 1.41 bits per heavy atom. The third-order valence-electron chi connectivity index (χ3n) is 3.28. The highest BCUT2D eigenvalue weighted by molar-refractivity contribution is 8.01. The summed E-state index contributed by atoms with van der Waals surface area (Å²) in [6, 6.07) is 9.70. The molecule has 1 saturated heterocycles. The number of amides is 1. The lowest BCUT2D eigenvalue weighted by atomic mass is 10.3. The van der Waals surface area contributed by atoms with E-state index in [1.807, 2.05) is 35.2 Å². The van der Waals surface area contributed by atoms with E-state index in [0.717, 1.165) is 23.1 Å². The van der Waals surface area contributed by atoms with Gasteiger partial charge in [0.25, 0.3) is 0 Å². The van der Waals surface area contributed by atoms with Crippen molar-refractivity contribution in [2.75, 3.05) is 24.6 Å². The van der Waals surface area contributed by atoms with E-state index in [1.54, 1.807) is 0 Å². The standard InChI is InChI=1S/C14H16N4O2S2/c15-13-16-17-14(22-13)21-9-12(19)18-7-6-11(8-18)20-10-4-2-1-3-5-10/h1-5,11H,6-9H2,(H2,15,16). The summed E-state index contributed by atoms with van der Waals surface area (Å²) >= 11 is 2.67. The highest BCUT2D eigenvalue weighted by atomic mass is 32.2. The first-order valence-electron chi connectivity index (χ1n) is 6.92. The predicted molar refractivity (Wildman–Crippen MR) is 87.1 cm³/mol. The van der Waals surface area contributed by atoms with Crippen molar-refractivity contribution in [2.24, 2.45) is 0 Å². The van der Waals surface area contributed by atoms with Crippen LogP contribution in [0, 0.1) is 0 Å². The Balaban J connectivity index is 1.46. The number of anilines is 1. The van der Waals surface area contributed by atoms with Gasteiger partial charge in [-0.3, -0.25) is 4.79 Å². The molecule has 0 saturated carbocycles. The minimum absolute atomic E-state index is 0.0634. The molecule has 1 atom stereocenters. The summed E-state index contributed by atoms with van der Waals surface area (Å²) in [6.07, 6.45) is 0.922. The van der Waals surface area contributed by atoms with Gasteiger partial charge >= 0.3 is 0 Å². The number of likely N-dealkylation sites (tertiary alicyclic amines) is 1. The van der Waals surface area contributed by atoms with Crippen LogP contribution in [0.3, 0.4) is 0 Å². The summed E-state index contributed by atoms with van der Waals surface area (Å²) in [5.74, 6) is 1.30. The second-order valence-electron chi connectivity index (χ2n) is 4.88. The number of nitrogen functional groups attached to an aromatic ring is 1. The topological polar surface area (TPSA) is 81.3 Å². The average molecular weight is 336 g/mol. The Hall–Kier alpha value is -1.80. The fraction of sp³-hybridized carbons (Fsp3) is 0.357. The molecule has 1 aliphatic heterocycles. The minimum atomic E-state index is 0.0634. The van der Waals surface area contributed by atoms with Gasteiger partial charge in [0.05, 0.1) is 12.3 Å². The molecule has 116 valence electrons. The van der Waals surface area contributed by atoms with Crippen molar-refractivity contribution < 1.29 is 9.53 Å². The zero-order valence-electron chi connectivity index (χ0n) is 11.8. The van der Waals surface area contributed by atoms with Crippen LogP contribution in [0.25, 0.3) is 0 Å². The first-order valence-corrected chi connectivity index (χ1v) is 8.72. The number of benzene rings is 1. The van der Waals surface area contributed by atoms with Gasteiger partial charge in [-0.25, -0.2) is 0 Å². The van der Waals surface area contributed by atoms with E-state index < -0.39 is 0 Å². The number of hydrogen-bond acceptors (Lipinski definition) is 7. The highest BCUT2D eigenvalue weighted by Gasteiger charge is 2.27. The van der Waals surface area contributed by atoms with Gasteiger partial charge < -0.3 is 15.4 Å². The van der Waals surface area contributed by atoms with Crippen molar-refractivity contribution >= 4 is 34.1 Å². The Bertz CT molecular complexity index is 635. The zero-order valence-corrected chi connectivity index (χ0v) is 13.5. The number of ether oxygens (including phenoxy) is 1. The summed E-state index contributed by atoms with van der Waals surface area (Å²) in [4.78, 5) is 14.0. The third kappa shape index (κ3) is 3.89. The summed E-state index contributed by atoms with van der Waals surface area (Å²) in [6.45, 7) is 1.36. The van der Waals surface area contributed by atoms with Crippen molar-refractivity contribution in [3.05, 3.63) is 30.3 Å². The molecule has 1 fully saturated rings. The van der Waals surface area contributed by atoms with Crippen LogP contribution < -0.4 is 10.5 Å². The molecule has 1 unspecified atom stereocenters. The molecule has 1 amide bonds. The molecule has 2 heterocycles. The second kappa shape index (κ2) is 6.97. The Kier molecular flexibility index (Phi) is 4.79. The maximum absolute atomic E-state index is 12.2. The Morgan fingerprint density at radius 3 is 2.95 bits per heavy atom. The van der Waals surface area contributed by atoms with Gasteiger partial charge in [-0.15, -0.1) is 10.2 Å². The maximum atomic E-state index is 12.2. The Labute approximate surface area is 136 Å². The van der Waals surface area contributed by atoms with Gasteiger partial charge in [0.15, 0.2) is 4.34 Å². The minimum Gasteiger partial charge on any atom is -0.489 e. The number of rotatable bonds is 5. The second-order valence-corrected chi connectivity index (χ2v) is 7.11. The summed E-state index contributed by atoms with van der Waals surface area (Å²) in [5.41, 5.74) is 5.52. The molecule has 1 aliphatic rings. The van der Waals surface area contributed by atoms with Crippen molar-refractivity contribution in [1.82, 2.24) is 15.1 Å². The van der Waals surface area contributed by atoms with Gasteiger partial charge in [-0.1, -0.05) is 41.3 Å². The first kappa shape index (κ1) is 15.1. The number of aromatic nitrogens is 2. The third-order valence-corrected chi connectivity index (χ3v) is 5.16. The van der Waals surface area contributed by atoms with E-state index in [4.69, 9.17) is 10.5 Å². The van der Waals surface area contributed by atoms with Gasteiger partial charge in [0.2, 0.25) is 11.0 Å². The molecule has 3 rings (SSSR count). The van der Waals surface area contributed by atoms with Crippen LogP contribution in [0.15, 0.2) is 34.7 Å². The molecule has 2 aromatic rings. The SMILES string of the molecule is Nc1nnc(SCC(=O)N2CCC(Oc3ccccc3)C2)s1. The fourth-order valence-electron chi connectivity index (χ4n) is 2.24. The highest BCUT2D eigenvalue weighted by Crippen LogP contribution is 2.25. The van der Waals surface area contributed by atoms with Crippen molar-refractivity contribution in [3.8, 4) is 5.75 Å². The molecule has 8 heteroatoms. The van der Waals surface area contributed by atoms with Crippen molar-refractivity contribution in [1.29, 1.82) is 0 Å². The number of thioether (sulfide) groups is 1. The number of para-hydroxylation sites is 1. The number of hydrogen-bond donors (Lipinski definition) is 1. The number of nitrogens with two attached hydrogens (primary N) is 1. The van der Waals surface area contributed by atoms with Crippen molar-refractivity contribution in [3.63, 3.8) is 0 Å². The number of nitrogens with zero attached hydrogens (tertiary/aromatic N) is 3. The van der Waals surface area contributed by atoms with E-state index in [2.05, 4.69) is 10.2 Å². The van der Waals surface area contributed by atoms with E-state index in [-0.39, 0.29) is 12.0 Å². The van der Waals surface area contributed by atoms with Gasteiger partial charge in [-0.05, 0) is 12.1 Å². The van der Waals surface area contributed by atoms with E-state index >= 15 is 0 Å². The lowest BCUT2D eigenvalue weighted by Crippen LogP contribution is -2.32. The lowest BCUT2D eigenvalue weighted by molar-refractivity contribution is -0.127. The van der Waals surface area contributed by atoms with E-state index in [9.17, 15) is 4.79 Å². The number of carbonyl (C=O) groups is 1. The Morgan fingerprint density at radius 2 is 2.23 bits per heavy atom. The molecule has 0 bridgehead atoms. The molecule has 1 aromatic carbocycles. The van der Waals surface area contributed by atoms with Gasteiger partial charge in [0.1, 0.15) is 11.9 Å². The fourth-order valence-corrected chi connectivity index (χ4v) is 3.77. The quantitative estimate of drug-likeness (QED) is 0.840. The van der Waals surface area contributed by atoms with Crippen LogP contribution in [-0.2, 0) is 4.79 Å². The summed E-state index contributed by atoms with van der Waals surface area (Å²) in [7, 11) is 0. The van der Waals surface area contributed by atoms with Crippen LogP contribution in [0.4, 0.5) is 5.13 Å². The molecular weight excluding hydrogens is 320 g/mol. The van der Waals surface area contributed by atoms with Crippen LogP contribution in [0.1, 0.15) is 6.42 Å². The lowest BCUT2D eigenvalue weighted by Gasteiger charge is -2.16.